The van der Waals surface area contributed by atoms with Crippen molar-refractivity contribution < 1.29 is 18.0 Å². The molecule has 0 fully saturated rings. The fourth-order valence-electron chi connectivity index (χ4n) is 3.85. The average Bonchev–Trinajstić information content (AvgIpc) is 2.85. The van der Waals surface area contributed by atoms with Crippen molar-refractivity contribution in [3.05, 3.63) is 94.5 Å². The molecule has 2 amide bonds. The van der Waals surface area contributed by atoms with Gasteiger partial charge in [-0.25, -0.2) is 8.42 Å². The molecule has 38 heavy (non-hydrogen) atoms. The van der Waals surface area contributed by atoms with Gasteiger partial charge in [-0.1, -0.05) is 64.0 Å². The number of nitrogens with zero attached hydrogens (tertiary/aromatic N) is 2. The number of benzene rings is 3. The topological polar surface area (TPSA) is 86.8 Å². The summed E-state index contributed by atoms with van der Waals surface area (Å²) >= 11 is 3.45. The van der Waals surface area contributed by atoms with Crippen molar-refractivity contribution in [1.29, 1.82) is 0 Å². The zero-order valence-electron chi connectivity index (χ0n) is 22.3. The molecular formula is C29H34BrN3O4S. The van der Waals surface area contributed by atoms with Gasteiger partial charge in [0.25, 0.3) is 10.0 Å². The minimum Gasteiger partial charge on any atom is -0.350 e. The van der Waals surface area contributed by atoms with E-state index in [0.29, 0.717) is 5.69 Å². The molecule has 0 unspecified atom stereocenters. The lowest BCUT2D eigenvalue weighted by molar-refractivity contribution is -0.140. The Hall–Kier alpha value is -3.17. The summed E-state index contributed by atoms with van der Waals surface area (Å²) in [4.78, 5) is 28.5. The maximum atomic E-state index is 13.9. The SMILES string of the molecule is Cc1ccc(S(=O)(=O)N(CC(=O)N(Cc2cccc(Br)c2)[C@H](C)C(=O)NC(C)(C)C)c2ccccc2)cc1. The van der Waals surface area contributed by atoms with Crippen molar-refractivity contribution in [1.82, 2.24) is 10.2 Å². The predicted octanol–water partition coefficient (Wildman–Crippen LogP) is 5.28. The molecule has 202 valence electrons. The number of para-hydroxylation sites is 1. The van der Waals surface area contributed by atoms with Gasteiger partial charge in [0.05, 0.1) is 10.6 Å². The van der Waals surface area contributed by atoms with Gasteiger partial charge in [0.1, 0.15) is 12.6 Å². The lowest BCUT2D eigenvalue weighted by Crippen LogP contribution is -2.54. The lowest BCUT2D eigenvalue weighted by Gasteiger charge is -2.33. The number of sulfonamides is 1. The first-order valence-corrected chi connectivity index (χ1v) is 14.5. The Labute approximate surface area is 234 Å². The number of hydrogen-bond donors (Lipinski definition) is 1. The molecule has 1 N–H and O–H groups in total. The number of nitrogens with one attached hydrogen (secondary N) is 1. The summed E-state index contributed by atoms with van der Waals surface area (Å²) in [5.74, 6) is -0.824. The van der Waals surface area contributed by atoms with E-state index in [2.05, 4.69) is 21.2 Å². The summed E-state index contributed by atoms with van der Waals surface area (Å²) in [5.41, 5.74) is 1.58. The molecule has 0 saturated carbocycles. The highest BCUT2D eigenvalue weighted by Gasteiger charge is 2.33. The van der Waals surface area contributed by atoms with E-state index in [1.165, 1.54) is 17.0 Å². The first-order valence-electron chi connectivity index (χ1n) is 12.3. The van der Waals surface area contributed by atoms with E-state index < -0.39 is 34.1 Å². The van der Waals surface area contributed by atoms with E-state index in [4.69, 9.17) is 0 Å². The van der Waals surface area contributed by atoms with Crippen LogP contribution in [-0.2, 0) is 26.2 Å². The van der Waals surface area contributed by atoms with Crippen LogP contribution in [0.5, 0.6) is 0 Å². The Morgan fingerprint density at radius 1 is 0.947 bits per heavy atom. The van der Waals surface area contributed by atoms with Gasteiger partial charge in [-0.2, -0.15) is 0 Å². The van der Waals surface area contributed by atoms with Crippen molar-refractivity contribution in [2.24, 2.45) is 0 Å². The highest BCUT2D eigenvalue weighted by atomic mass is 79.9. The quantitative estimate of drug-likeness (QED) is 0.362. The molecule has 3 aromatic carbocycles. The third-order valence-electron chi connectivity index (χ3n) is 5.84. The summed E-state index contributed by atoms with van der Waals surface area (Å²) in [7, 11) is -4.08. The number of rotatable bonds is 9. The number of halogens is 1. The number of anilines is 1. The van der Waals surface area contributed by atoms with E-state index >= 15 is 0 Å². The van der Waals surface area contributed by atoms with Gasteiger partial charge in [-0.05, 0) is 76.6 Å². The molecule has 0 aliphatic rings. The molecule has 0 aliphatic heterocycles. The standard InChI is InChI=1S/C29H34BrN3O4S/c1-21-14-16-26(17-15-21)38(36,37)33(25-12-7-6-8-13-25)20-27(34)32(19-23-10-9-11-24(30)18-23)22(2)28(35)31-29(3,4)5/h6-18,22H,19-20H2,1-5H3,(H,31,35)/t22-/m1/s1. The van der Waals surface area contributed by atoms with Crippen LogP contribution >= 0.6 is 15.9 Å². The molecule has 0 heterocycles. The first-order chi connectivity index (χ1) is 17.8. The van der Waals surface area contributed by atoms with E-state index in [-0.39, 0.29) is 17.3 Å². The van der Waals surface area contributed by atoms with Crippen molar-refractivity contribution in [3.63, 3.8) is 0 Å². The molecule has 3 rings (SSSR count). The smallest absolute Gasteiger partial charge is 0.264 e. The Balaban J connectivity index is 2.01. The Kier molecular flexibility index (Phi) is 9.38. The molecule has 3 aromatic rings. The van der Waals surface area contributed by atoms with Crippen molar-refractivity contribution in [3.8, 4) is 0 Å². The molecule has 0 aliphatic carbocycles. The van der Waals surface area contributed by atoms with Gasteiger partial charge in [0.15, 0.2) is 0 Å². The molecule has 9 heteroatoms. The van der Waals surface area contributed by atoms with Crippen LogP contribution < -0.4 is 9.62 Å². The summed E-state index contributed by atoms with van der Waals surface area (Å²) < 4.78 is 29.5. The van der Waals surface area contributed by atoms with Crippen molar-refractivity contribution >= 4 is 43.5 Å². The first kappa shape index (κ1) is 29.4. The van der Waals surface area contributed by atoms with Gasteiger partial charge >= 0.3 is 0 Å². The molecule has 1 atom stereocenters. The number of aryl methyl sites for hydroxylation is 1. The third kappa shape index (κ3) is 7.68. The minimum absolute atomic E-state index is 0.0804. The predicted molar refractivity (Wildman–Crippen MR) is 154 cm³/mol. The van der Waals surface area contributed by atoms with Crippen LogP contribution in [-0.4, -0.2) is 43.3 Å². The van der Waals surface area contributed by atoms with Gasteiger partial charge < -0.3 is 10.2 Å². The monoisotopic (exact) mass is 599 g/mol. The molecule has 0 saturated heterocycles. The second-order valence-electron chi connectivity index (χ2n) is 10.2. The van der Waals surface area contributed by atoms with Crippen molar-refractivity contribution in [2.75, 3.05) is 10.8 Å². The van der Waals surface area contributed by atoms with E-state index in [9.17, 15) is 18.0 Å². The Bertz CT molecular complexity index is 1370. The van der Waals surface area contributed by atoms with E-state index in [0.717, 1.165) is 19.9 Å². The van der Waals surface area contributed by atoms with Gasteiger partial charge in [0.2, 0.25) is 11.8 Å². The van der Waals surface area contributed by atoms with Crippen molar-refractivity contribution in [2.45, 2.75) is 57.6 Å². The number of amides is 2. The normalized spacial score (nSPS) is 12.5. The largest absolute Gasteiger partial charge is 0.350 e. The van der Waals surface area contributed by atoms with Gasteiger partial charge in [-0.3, -0.25) is 13.9 Å². The zero-order chi connectivity index (χ0) is 28.1. The molecule has 0 spiro atoms. The van der Waals surface area contributed by atoms with Crippen LogP contribution in [0.3, 0.4) is 0 Å². The van der Waals surface area contributed by atoms with Crippen LogP contribution in [0.1, 0.15) is 38.8 Å². The zero-order valence-corrected chi connectivity index (χ0v) is 24.7. The number of carbonyl (C=O) groups is 2. The summed E-state index contributed by atoms with van der Waals surface area (Å²) in [5, 5.41) is 2.92. The van der Waals surface area contributed by atoms with Gasteiger partial charge in [-0.15, -0.1) is 0 Å². The van der Waals surface area contributed by atoms with Gasteiger partial charge in [0, 0.05) is 16.6 Å². The summed E-state index contributed by atoms with van der Waals surface area (Å²) in [6.45, 7) is 8.78. The second kappa shape index (κ2) is 12.1. The fourth-order valence-corrected chi connectivity index (χ4v) is 5.71. The minimum atomic E-state index is -4.08. The third-order valence-corrected chi connectivity index (χ3v) is 8.12. The second-order valence-corrected chi connectivity index (χ2v) is 13.0. The Morgan fingerprint density at radius 3 is 2.16 bits per heavy atom. The highest BCUT2D eigenvalue weighted by molar-refractivity contribution is 9.10. The Morgan fingerprint density at radius 2 is 1.58 bits per heavy atom. The summed E-state index contributed by atoms with van der Waals surface area (Å²) in [6.07, 6.45) is 0. The van der Waals surface area contributed by atoms with Crippen LogP contribution in [0.2, 0.25) is 0 Å². The average molecular weight is 601 g/mol. The molecule has 0 radical (unpaired) electrons. The molecular weight excluding hydrogens is 566 g/mol. The number of carbonyl (C=O) groups excluding carboxylic acids is 2. The highest BCUT2D eigenvalue weighted by Crippen LogP contribution is 2.25. The lowest BCUT2D eigenvalue weighted by atomic mass is 10.1. The maximum absolute atomic E-state index is 13.9. The van der Waals surface area contributed by atoms with Crippen LogP contribution in [0.4, 0.5) is 5.69 Å². The van der Waals surface area contributed by atoms with E-state index in [1.807, 2.05) is 52.0 Å². The van der Waals surface area contributed by atoms with Crippen LogP contribution in [0.25, 0.3) is 0 Å². The van der Waals surface area contributed by atoms with Crippen LogP contribution in [0.15, 0.2) is 88.2 Å². The summed E-state index contributed by atoms with van der Waals surface area (Å²) in [6, 6.07) is 21.6. The molecule has 0 aromatic heterocycles. The molecule has 7 nitrogen and oxygen atoms in total. The molecule has 0 bridgehead atoms. The fraction of sp³-hybridized carbons (Fsp3) is 0.310. The van der Waals surface area contributed by atoms with Crippen LogP contribution in [0, 0.1) is 6.92 Å². The number of hydrogen-bond acceptors (Lipinski definition) is 4. The van der Waals surface area contributed by atoms with E-state index in [1.54, 1.807) is 49.4 Å². The maximum Gasteiger partial charge on any atom is 0.264 e.